The summed E-state index contributed by atoms with van der Waals surface area (Å²) < 4.78 is 0. The van der Waals surface area contributed by atoms with Crippen LogP contribution in [0.3, 0.4) is 0 Å². The Morgan fingerprint density at radius 2 is 0.609 bits per heavy atom. The smallest absolute Gasteiger partial charge is 0.00141 e. The first-order chi connectivity index (χ1) is 22.8. The lowest BCUT2D eigenvalue weighted by Gasteiger charge is -2.21. The van der Waals surface area contributed by atoms with Gasteiger partial charge in [-0.3, -0.25) is 0 Å². The second-order valence-corrected chi connectivity index (χ2v) is 12.5. The summed E-state index contributed by atoms with van der Waals surface area (Å²) in [4.78, 5) is 0. The van der Waals surface area contributed by atoms with Crippen LogP contribution in [0.15, 0.2) is 170 Å². The maximum absolute atomic E-state index is 2.43. The molecule has 0 heteroatoms. The molecule has 10 rings (SSSR count). The van der Waals surface area contributed by atoms with E-state index in [9.17, 15) is 0 Å². The molecule has 0 bridgehead atoms. The van der Waals surface area contributed by atoms with Crippen molar-refractivity contribution in [2.24, 2.45) is 0 Å². The van der Waals surface area contributed by atoms with E-state index in [1.165, 1.54) is 97.7 Å². The maximum atomic E-state index is 2.43. The van der Waals surface area contributed by atoms with Crippen molar-refractivity contribution in [2.75, 3.05) is 0 Å². The lowest BCUT2D eigenvalue weighted by Crippen LogP contribution is -1.93. The molecule has 0 aromatic heterocycles. The molecule has 0 aliphatic heterocycles. The monoisotopic (exact) mass is 580 g/mol. The van der Waals surface area contributed by atoms with E-state index in [2.05, 4.69) is 170 Å². The van der Waals surface area contributed by atoms with Crippen LogP contribution >= 0.6 is 0 Å². The van der Waals surface area contributed by atoms with Gasteiger partial charge >= 0.3 is 0 Å². The van der Waals surface area contributed by atoms with E-state index in [4.69, 9.17) is 0 Å². The minimum absolute atomic E-state index is 1.25. The molecule has 0 heterocycles. The number of benzene rings is 10. The fraction of sp³-hybridized carbons (Fsp3) is 0. The highest BCUT2D eigenvalue weighted by atomic mass is 14.2. The van der Waals surface area contributed by atoms with Gasteiger partial charge in [0.1, 0.15) is 0 Å². The van der Waals surface area contributed by atoms with Gasteiger partial charge in [0.05, 0.1) is 0 Å². The summed E-state index contributed by atoms with van der Waals surface area (Å²) in [5.74, 6) is 0. The predicted molar refractivity (Wildman–Crippen MR) is 200 cm³/mol. The summed E-state index contributed by atoms with van der Waals surface area (Å²) in [7, 11) is 0. The van der Waals surface area contributed by atoms with Gasteiger partial charge in [-0.25, -0.2) is 0 Å². The molecule has 0 aliphatic rings. The van der Waals surface area contributed by atoms with E-state index in [1.807, 2.05) is 0 Å². The van der Waals surface area contributed by atoms with Gasteiger partial charge in [-0.05, 0) is 110 Å². The molecule has 10 aromatic carbocycles. The highest BCUT2D eigenvalue weighted by Crippen LogP contribution is 2.49. The van der Waals surface area contributed by atoms with E-state index >= 15 is 0 Å². The number of rotatable bonds is 2. The Kier molecular flexibility index (Phi) is 5.38. The zero-order valence-corrected chi connectivity index (χ0v) is 25.2. The normalized spacial score (nSPS) is 11.9. The molecule has 0 saturated heterocycles. The Morgan fingerprint density at radius 3 is 1.22 bits per heavy atom. The van der Waals surface area contributed by atoms with E-state index in [-0.39, 0.29) is 0 Å². The quantitative estimate of drug-likeness (QED) is 0.141. The second-order valence-electron chi connectivity index (χ2n) is 12.5. The van der Waals surface area contributed by atoms with Gasteiger partial charge in [0, 0.05) is 0 Å². The van der Waals surface area contributed by atoms with E-state index in [1.54, 1.807) is 0 Å². The average molecular weight is 581 g/mol. The third-order valence-electron chi connectivity index (χ3n) is 9.97. The molecular weight excluding hydrogens is 553 g/mol. The summed E-state index contributed by atoms with van der Waals surface area (Å²) in [6.07, 6.45) is 0. The maximum Gasteiger partial charge on any atom is -0.00141 e. The molecule has 212 valence electrons. The number of hydrogen-bond donors (Lipinski definition) is 0. The Morgan fingerprint density at radius 1 is 0.217 bits per heavy atom. The fourth-order valence-corrected chi connectivity index (χ4v) is 7.87. The minimum Gasteiger partial charge on any atom is -0.0616 e. The van der Waals surface area contributed by atoms with E-state index < -0.39 is 0 Å². The van der Waals surface area contributed by atoms with Crippen LogP contribution in [0.4, 0.5) is 0 Å². The molecule has 0 nitrogen and oxygen atoms in total. The number of fused-ring (bicyclic) bond motifs is 10. The van der Waals surface area contributed by atoms with Crippen LogP contribution < -0.4 is 0 Å². The Hall–Kier alpha value is -5.98. The largest absolute Gasteiger partial charge is 0.0616 e. The van der Waals surface area contributed by atoms with Crippen molar-refractivity contribution < 1.29 is 0 Å². The van der Waals surface area contributed by atoms with Crippen LogP contribution in [0.25, 0.3) is 97.7 Å². The average Bonchev–Trinajstić information content (AvgIpc) is 3.13. The van der Waals surface area contributed by atoms with Gasteiger partial charge in [0.25, 0.3) is 0 Å². The van der Waals surface area contributed by atoms with Crippen molar-refractivity contribution in [1.82, 2.24) is 0 Å². The van der Waals surface area contributed by atoms with Crippen LogP contribution in [-0.2, 0) is 0 Å². The second kappa shape index (κ2) is 9.76. The van der Waals surface area contributed by atoms with Gasteiger partial charge in [0.2, 0.25) is 0 Å². The van der Waals surface area contributed by atoms with Gasteiger partial charge in [-0.15, -0.1) is 0 Å². The number of hydrogen-bond acceptors (Lipinski definition) is 0. The Balaban J connectivity index is 1.45. The van der Waals surface area contributed by atoms with Crippen LogP contribution in [0.1, 0.15) is 0 Å². The first-order valence-electron chi connectivity index (χ1n) is 16.0. The molecule has 10 aromatic rings. The first-order valence-corrected chi connectivity index (χ1v) is 16.0. The summed E-state index contributed by atoms with van der Waals surface area (Å²) in [5, 5.41) is 17.9. The third-order valence-corrected chi connectivity index (χ3v) is 9.97. The summed E-state index contributed by atoms with van der Waals surface area (Å²) in [6.45, 7) is 0. The van der Waals surface area contributed by atoms with Crippen molar-refractivity contribution in [3.8, 4) is 22.3 Å². The topological polar surface area (TPSA) is 0 Å². The first kappa shape index (κ1) is 25.4. The molecule has 0 saturated carbocycles. The molecule has 0 unspecified atom stereocenters. The van der Waals surface area contributed by atoms with Crippen LogP contribution in [0.2, 0.25) is 0 Å². The molecule has 0 fully saturated rings. The molecule has 0 N–H and O–H groups in total. The van der Waals surface area contributed by atoms with Gasteiger partial charge < -0.3 is 0 Å². The lowest BCUT2D eigenvalue weighted by atomic mass is 9.82. The van der Waals surface area contributed by atoms with Gasteiger partial charge in [0.15, 0.2) is 0 Å². The van der Waals surface area contributed by atoms with Crippen molar-refractivity contribution in [1.29, 1.82) is 0 Å². The summed E-state index contributed by atoms with van der Waals surface area (Å²) in [6, 6.07) is 63.0. The van der Waals surface area contributed by atoms with E-state index in [0.717, 1.165) is 0 Å². The Labute approximate surface area is 266 Å². The van der Waals surface area contributed by atoms with Crippen LogP contribution in [-0.4, -0.2) is 0 Å². The fourth-order valence-electron chi connectivity index (χ4n) is 7.87. The molecule has 0 atom stereocenters. The Bertz CT molecular complexity index is 2850. The van der Waals surface area contributed by atoms with Crippen LogP contribution in [0.5, 0.6) is 0 Å². The zero-order chi connectivity index (χ0) is 30.2. The minimum atomic E-state index is 1.25. The molecule has 0 radical (unpaired) electrons. The third kappa shape index (κ3) is 3.68. The van der Waals surface area contributed by atoms with Gasteiger partial charge in [-0.1, -0.05) is 158 Å². The molecule has 0 amide bonds. The van der Waals surface area contributed by atoms with E-state index in [0.29, 0.717) is 0 Å². The van der Waals surface area contributed by atoms with Crippen molar-refractivity contribution in [3.05, 3.63) is 170 Å². The summed E-state index contributed by atoms with van der Waals surface area (Å²) in [5.41, 5.74) is 5.09. The summed E-state index contributed by atoms with van der Waals surface area (Å²) >= 11 is 0. The van der Waals surface area contributed by atoms with Gasteiger partial charge in [-0.2, -0.15) is 0 Å². The van der Waals surface area contributed by atoms with Crippen LogP contribution in [0, 0.1) is 0 Å². The molecule has 46 heavy (non-hydrogen) atoms. The SMILES string of the molecule is c1ccc2cc(-c3c4ccc5ccccc5c4c(-c4ccc5ccc6ccccc6c5c4)c4ccc5ccccc5c34)ccc2c1. The zero-order valence-electron chi connectivity index (χ0n) is 25.2. The van der Waals surface area contributed by atoms with Crippen molar-refractivity contribution >= 4 is 75.4 Å². The molecule has 0 spiro atoms. The molecule has 0 aliphatic carbocycles. The van der Waals surface area contributed by atoms with Crippen molar-refractivity contribution in [2.45, 2.75) is 0 Å². The highest BCUT2D eigenvalue weighted by molar-refractivity contribution is 6.32. The molecular formula is C46H28. The highest BCUT2D eigenvalue weighted by Gasteiger charge is 2.21. The van der Waals surface area contributed by atoms with Crippen molar-refractivity contribution in [3.63, 3.8) is 0 Å². The lowest BCUT2D eigenvalue weighted by molar-refractivity contribution is 1.70. The standard InChI is InChI=1S/C46H28/c1-2-13-34-27-35(21-17-29(34)9-1)43-40-25-23-32-12-5-8-16-39(32)46(40)44(41-26-24-31-11-4-7-15-38(31)45(41)43)36-22-20-33-19-18-30-10-3-6-14-37(30)42(33)28-36/h1-28H. The predicted octanol–water partition coefficient (Wildman–Crippen LogP) is 13.1.